The van der Waals surface area contributed by atoms with Crippen molar-refractivity contribution >= 4 is 34.8 Å². The Hall–Kier alpha value is -1.75. The molecule has 0 saturated heterocycles. The topological polar surface area (TPSA) is 70.7 Å². The molecule has 0 saturated carbocycles. The van der Waals surface area contributed by atoms with Gasteiger partial charge < -0.3 is 11.1 Å². The number of benzene rings is 1. The first-order valence-corrected chi connectivity index (χ1v) is 5.60. The molecule has 90 valence electrons. The van der Waals surface area contributed by atoms with Gasteiger partial charge in [0.25, 0.3) is 0 Å². The van der Waals surface area contributed by atoms with E-state index in [-0.39, 0.29) is 5.91 Å². The minimum atomic E-state index is -0.0405. The number of amides is 1. The summed E-state index contributed by atoms with van der Waals surface area (Å²) < 4.78 is 0. The summed E-state index contributed by atoms with van der Waals surface area (Å²) in [4.78, 5) is 17.1. The highest BCUT2D eigenvalue weighted by Crippen LogP contribution is 2.23. The Balaban J connectivity index is 2.18. The molecule has 0 aliphatic carbocycles. The fourth-order valence-electron chi connectivity index (χ4n) is 1.63. The number of halogens is 1. The Labute approximate surface area is 104 Å². The number of nitrogen functional groups attached to an aromatic ring is 1. The molecule has 0 atom stereocenters. The number of nitrogens with zero attached hydrogens (tertiary/aromatic N) is 2. The number of nitrogens with one attached hydrogen (secondary N) is 1. The first kappa shape index (κ1) is 11.7. The Bertz CT molecular complexity index is 486. The van der Waals surface area contributed by atoms with Crippen LogP contribution in [0.5, 0.6) is 0 Å². The molecule has 0 spiro atoms. The molecule has 5 nitrogen and oxygen atoms in total. The maximum atomic E-state index is 11.3. The van der Waals surface area contributed by atoms with Gasteiger partial charge in [-0.15, -0.1) is 0 Å². The molecule has 0 bridgehead atoms. The number of carbonyl (C=O) groups is 1. The van der Waals surface area contributed by atoms with Crippen LogP contribution in [0.3, 0.4) is 0 Å². The number of hydrogen-bond acceptors (Lipinski definition) is 4. The zero-order valence-corrected chi connectivity index (χ0v) is 10.2. The summed E-state index contributed by atoms with van der Waals surface area (Å²) in [6.07, 6.45) is 0. The van der Waals surface area contributed by atoms with Gasteiger partial charge in [0.2, 0.25) is 11.9 Å². The van der Waals surface area contributed by atoms with Crippen LogP contribution in [0.2, 0.25) is 5.02 Å². The van der Waals surface area contributed by atoms with Crippen molar-refractivity contribution in [1.82, 2.24) is 4.90 Å². The zero-order chi connectivity index (χ0) is 12.4. The fraction of sp³-hybridized carbons (Fsp3) is 0.273. The molecule has 1 aliphatic rings. The summed E-state index contributed by atoms with van der Waals surface area (Å²) in [6, 6.07) is 5.14. The second kappa shape index (κ2) is 4.63. The number of aliphatic imine (C=N–C) groups is 1. The monoisotopic (exact) mass is 252 g/mol. The predicted molar refractivity (Wildman–Crippen MR) is 69.2 cm³/mol. The van der Waals surface area contributed by atoms with Gasteiger partial charge in [0.1, 0.15) is 0 Å². The van der Waals surface area contributed by atoms with E-state index in [0.29, 0.717) is 35.4 Å². The summed E-state index contributed by atoms with van der Waals surface area (Å²) in [5.74, 6) is 0.493. The average molecular weight is 253 g/mol. The third-order valence-electron chi connectivity index (χ3n) is 2.48. The lowest BCUT2D eigenvalue weighted by Gasteiger charge is -2.18. The van der Waals surface area contributed by atoms with Crippen molar-refractivity contribution in [3.8, 4) is 0 Å². The minimum Gasteiger partial charge on any atom is -0.397 e. The second-order valence-electron chi connectivity index (χ2n) is 3.73. The number of carbonyl (C=O) groups excluding carboxylic acids is 1. The van der Waals surface area contributed by atoms with E-state index in [0.717, 1.165) is 0 Å². The van der Waals surface area contributed by atoms with Crippen molar-refractivity contribution in [2.24, 2.45) is 4.99 Å². The lowest BCUT2D eigenvalue weighted by Crippen LogP contribution is -2.36. The first-order chi connectivity index (χ1) is 8.08. The van der Waals surface area contributed by atoms with E-state index in [1.165, 1.54) is 6.92 Å². The van der Waals surface area contributed by atoms with E-state index in [2.05, 4.69) is 10.3 Å². The molecule has 1 aliphatic heterocycles. The van der Waals surface area contributed by atoms with Gasteiger partial charge in [0.05, 0.1) is 17.9 Å². The summed E-state index contributed by atoms with van der Waals surface area (Å²) in [5, 5.41) is 3.61. The molecule has 2 rings (SSSR count). The fourth-order valence-corrected chi connectivity index (χ4v) is 1.81. The Kier molecular flexibility index (Phi) is 3.19. The maximum absolute atomic E-state index is 11.3. The average Bonchev–Trinajstić information content (AvgIpc) is 2.70. The largest absolute Gasteiger partial charge is 0.397 e. The van der Waals surface area contributed by atoms with Crippen LogP contribution in [0.4, 0.5) is 11.4 Å². The maximum Gasteiger partial charge on any atom is 0.226 e. The Morgan fingerprint density at radius 2 is 2.35 bits per heavy atom. The normalized spacial score (nSPS) is 14.7. The molecule has 0 radical (unpaired) electrons. The van der Waals surface area contributed by atoms with Crippen LogP contribution in [0.1, 0.15) is 6.92 Å². The smallest absolute Gasteiger partial charge is 0.226 e. The molecule has 6 heteroatoms. The Morgan fingerprint density at radius 1 is 1.59 bits per heavy atom. The van der Waals surface area contributed by atoms with Gasteiger partial charge in [-0.1, -0.05) is 11.6 Å². The predicted octanol–water partition coefficient (Wildman–Crippen LogP) is 1.55. The Morgan fingerprint density at radius 3 is 3.00 bits per heavy atom. The molecular weight excluding hydrogens is 240 g/mol. The highest BCUT2D eigenvalue weighted by atomic mass is 35.5. The summed E-state index contributed by atoms with van der Waals surface area (Å²) in [6.45, 7) is 2.72. The molecule has 0 unspecified atom stereocenters. The third-order valence-corrected chi connectivity index (χ3v) is 2.72. The molecule has 17 heavy (non-hydrogen) atoms. The molecule has 1 aromatic rings. The van der Waals surface area contributed by atoms with Crippen molar-refractivity contribution in [2.75, 3.05) is 24.1 Å². The van der Waals surface area contributed by atoms with Crippen molar-refractivity contribution in [2.45, 2.75) is 6.92 Å². The van der Waals surface area contributed by atoms with Crippen LogP contribution in [0.25, 0.3) is 0 Å². The van der Waals surface area contributed by atoms with Gasteiger partial charge >= 0.3 is 0 Å². The van der Waals surface area contributed by atoms with Crippen molar-refractivity contribution in [3.63, 3.8) is 0 Å². The van der Waals surface area contributed by atoms with E-state index >= 15 is 0 Å². The number of guanidine groups is 1. The lowest BCUT2D eigenvalue weighted by molar-refractivity contribution is -0.124. The van der Waals surface area contributed by atoms with Gasteiger partial charge in [-0.2, -0.15) is 0 Å². The minimum absolute atomic E-state index is 0.0405. The molecule has 1 heterocycles. The number of rotatable bonds is 1. The molecular formula is C11H13ClN4O. The van der Waals surface area contributed by atoms with Crippen molar-refractivity contribution in [1.29, 1.82) is 0 Å². The van der Waals surface area contributed by atoms with Crippen LogP contribution in [0.15, 0.2) is 23.2 Å². The summed E-state index contributed by atoms with van der Waals surface area (Å²) in [7, 11) is 0. The molecule has 3 N–H and O–H groups in total. The van der Waals surface area contributed by atoms with Gasteiger partial charge in [-0.3, -0.25) is 14.7 Å². The van der Waals surface area contributed by atoms with E-state index < -0.39 is 0 Å². The zero-order valence-electron chi connectivity index (χ0n) is 9.40. The van der Waals surface area contributed by atoms with Crippen molar-refractivity contribution < 1.29 is 4.79 Å². The van der Waals surface area contributed by atoms with E-state index in [1.54, 1.807) is 23.1 Å². The van der Waals surface area contributed by atoms with Gasteiger partial charge in [0.15, 0.2) is 0 Å². The lowest BCUT2D eigenvalue weighted by atomic mass is 10.3. The van der Waals surface area contributed by atoms with Crippen LogP contribution in [0, 0.1) is 0 Å². The second-order valence-corrected chi connectivity index (χ2v) is 4.17. The van der Waals surface area contributed by atoms with Gasteiger partial charge in [-0.05, 0) is 18.2 Å². The molecule has 0 aromatic heterocycles. The van der Waals surface area contributed by atoms with E-state index in [9.17, 15) is 4.79 Å². The van der Waals surface area contributed by atoms with Crippen LogP contribution in [-0.4, -0.2) is 29.9 Å². The van der Waals surface area contributed by atoms with Gasteiger partial charge in [-0.25, -0.2) is 0 Å². The number of anilines is 2. The molecule has 1 amide bonds. The third kappa shape index (κ3) is 2.50. The van der Waals surface area contributed by atoms with E-state index in [4.69, 9.17) is 17.3 Å². The first-order valence-electron chi connectivity index (χ1n) is 5.22. The van der Waals surface area contributed by atoms with Crippen molar-refractivity contribution in [3.05, 3.63) is 23.2 Å². The number of hydrogen-bond donors (Lipinski definition) is 2. The van der Waals surface area contributed by atoms with Crippen LogP contribution >= 0.6 is 11.6 Å². The SMILES string of the molecule is CC(=O)N1CCN=C1Nc1ccc(Cl)cc1N. The van der Waals surface area contributed by atoms with Crippen LogP contribution < -0.4 is 11.1 Å². The summed E-state index contributed by atoms with van der Waals surface area (Å²) in [5.41, 5.74) is 7.04. The van der Waals surface area contributed by atoms with Crippen LogP contribution in [-0.2, 0) is 4.79 Å². The quantitative estimate of drug-likeness (QED) is 0.745. The number of nitrogens with two attached hydrogens (primary N) is 1. The van der Waals surface area contributed by atoms with E-state index in [1.807, 2.05) is 0 Å². The molecule has 1 aromatic carbocycles. The highest BCUT2D eigenvalue weighted by Gasteiger charge is 2.20. The van der Waals surface area contributed by atoms with Gasteiger partial charge in [0, 0.05) is 18.5 Å². The molecule has 0 fully saturated rings. The summed E-state index contributed by atoms with van der Waals surface area (Å²) >= 11 is 5.81. The highest BCUT2D eigenvalue weighted by molar-refractivity contribution is 6.31. The standard InChI is InChI=1S/C11H13ClN4O/c1-7(17)16-5-4-14-11(16)15-10-3-2-8(12)6-9(10)13/h2-3,6H,4-5,13H2,1H3,(H,14,15).